The molecular weight excluding hydrogens is 945 g/mol. The number of imide groups is 1. The number of hydrogen-bond acceptors (Lipinski definition) is 11. The van der Waals surface area contributed by atoms with Crippen molar-refractivity contribution in [2.75, 3.05) is 59.3 Å². The van der Waals surface area contributed by atoms with E-state index >= 15 is 17.6 Å². The maximum absolute atomic E-state index is 16.0. The van der Waals surface area contributed by atoms with Crippen molar-refractivity contribution in [2.24, 2.45) is 18.4 Å². The van der Waals surface area contributed by atoms with Crippen LogP contribution in [-0.4, -0.2) is 109 Å². The molecule has 22 heteroatoms. The number of imidazole rings is 1. The third kappa shape index (κ3) is 7.64. The maximum atomic E-state index is 16.0. The van der Waals surface area contributed by atoms with Crippen LogP contribution in [-0.2, 0) is 40.9 Å². The number of halogens is 4. The molecule has 0 aliphatic carbocycles. The van der Waals surface area contributed by atoms with Crippen LogP contribution in [0.25, 0.3) is 22.0 Å². The van der Waals surface area contributed by atoms with E-state index in [2.05, 4.69) is 30.6 Å². The Kier molecular flexibility index (Phi) is 10.5. The predicted octanol–water partition coefficient (Wildman–Crippen LogP) is 6.45. The first-order valence-corrected chi connectivity index (χ1v) is 24.4. The number of carbonyl (C=O) groups excluding carboxylic acids is 5. The highest BCUT2D eigenvalue weighted by atomic mass is 32.1. The van der Waals surface area contributed by atoms with Gasteiger partial charge in [-0.25, -0.2) is 23.5 Å². The molecule has 71 heavy (non-hydrogen) atoms. The number of carbonyl (C=O) groups is 5. The van der Waals surface area contributed by atoms with Crippen LogP contribution in [0.1, 0.15) is 65.5 Å². The summed E-state index contributed by atoms with van der Waals surface area (Å²) < 4.78 is 66.8. The molecule has 2 N–H and O–H groups in total. The molecule has 0 radical (unpaired) electrons. The number of rotatable bonds is 10. The minimum absolute atomic E-state index is 0.0378. The van der Waals surface area contributed by atoms with Crippen molar-refractivity contribution in [1.82, 2.24) is 39.4 Å². The normalized spacial score (nSPS) is 20.5. The van der Waals surface area contributed by atoms with Crippen molar-refractivity contribution in [3.63, 3.8) is 0 Å². The van der Waals surface area contributed by atoms with Crippen molar-refractivity contribution in [1.29, 1.82) is 0 Å². The van der Waals surface area contributed by atoms with Crippen LogP contribution in [0.15, 0.2) is 66.4 Å². The summed E-state index contributed by atoms with van der Waals surface area (Å²) in [5.41, 5.74) is 3.86. The lowest BCUT2D eigenvalue weighted by atomic mass is 9.72. The number of benzene rings is 3. The van der Waals surface area contributed by atoms with E-state index in [0.29, 0.717) is 60.1 Å². The molecule has 6 aliphatic heterocycles. The van der Waals surface area contributed by atoms with Crippen LogP contribution in [0.2, 0.25) is 0 Å². The first-order chi connectivity index (χ1) is 34.1. The van der Waals surface area contributed by atoms with Gasteiger partial charge in [0.2, 0.25) is 11.8 Å². The van der Waals surface area contributed by atoms with E-state index in [4.69, 9.17) is 0 Å². The Morgan fingerprint density at radius 1 is 0.944 bits per heavy atom. The van der Waals surface area contributed by atoms with Crippen molar-refractivity contribution in [2.45, 2.75) is 63.7 Å². The first kappa shape index (κ1) is 44.8. The zero-order chi connectivity index (χ0) is 49.1. The summed E-state index contributed by atoms with van der Waals surface area (Å²) in [6.45, 7) is 2.96. The lowest BCUT2D eigenvalue weighted by Gasteiger charge is -2.61. The maximum Gasteiger partial charge on any atom is 0.329 e. The Labute approximate surface area is 407 Å². The van der Waals surface area contributed by atoms with E-state index in [9.17, 15) is 24.0 Å². The molecule has 6 aromatic rings. The lowest BCUT2D eigenvalue weighted by molar-refractivity contribution is -0.147. The van der Waals surface area contributed by atoms with Crippen LogP contribution in [0.3, 0.4) is 0 Å². The molecule has 4 saturated heterocycles. The molecule has 1 spiro atoms. The minimum Gasteiger partial charge on any atom is -0.370 e. The minimum atomic E-state index is -3.44. The topological polar surface area (TPSA) is 174 Å². The van der Waals surface area contributed by atoms with Gasteiger partial charge in [-0.3, -0.25) is 39.4 Å². The number of nitrogens with zero attached hydrogens (tertiary/aromatic N) is 10. The second-order valence-corrected chi connectivity index (χ2v) is 20.5. The van der Waals surface area contributed by atoms with Crippen LogP contribution >= 0.6 is 11.3 Å². The third-order valence-corrected chi connectivity index (χ3v) is 15.7. The van der Waals surface area contributed by atoms with E-state index in [1.165, 1.54) is 38.0 Å². The fourth-order valence-electron chi connectivity index (χ4n) is 11.4. The smallest absolute Gasteiger partial charge is 0.329 e. The van der Waals surface area contributed by atoms with E-state index < -0.39 is 59.8 Å². The zero-order valence-electron chi connectivity index (χ0n) is 38.3. The van der Waals surface area contributed by atoms with Gasteiger partial charge in [0.25, 0.3) is 11.8 Å². The summed E-state index contributed by atoms with van der Waals surface area (Å²) in [7, 11) is 1.56. The van der Waals surface area contributed by atoms with Gasteiger partial charge in [-0.15, -0.1) is 11.3 Å². The number of aromatic nitrogens is 5. The number of hydrogen-bond donors (Lipinski definition) is 2. The highest BCUT2D eigenvalue weighted by Crippen LogP contribution is 2.46. The molecule has 0 bridgehead atoms. The van der Waals surface area contributed by atoms with Crippen LogP contribution in [0.4, 0.5) is 44.7 Å². The third-order valence-electron chi connectivity index (χ3n) is 15.0. The Balaban J connectivity index is 0.655. The monoisotopic (exact) mass is 990 g/mol. The molecule has 2 unspecified atom stereocenters. The van der Waals surface area contributed by atoms with E-state index in [1.807, 2.05) is 28.8 Å². The molecular formula is C49H46F4N12O5S. The van der Waals surface area contributed by atoms with Gasteiger partial charge in [0.05, 0.1) is 29.8 Å². The van der Waals surface area contributed by atoms with E-state index in [1.54, 1.807) is 35.9 Å². The molecule has 2 atom stereocenters. The SMILES string of the molecule is Cn1nc(N2CCC(=O)NC2=O)c2cc(F)c(N3CCC(CC(=O)N4CC5(C4)CN(c4ccc(-c6cc(F)c7c(c6)C(=O)N(C(C(=O)Nc6nccs6)c6ncn8c6CCC8)C7)cc4)C5)CC3(F)F)cc21. The van der Waals surface area contributed by atoms with Crippen molar-refractivity contribution in [3.8, 4) is 11.1 Å². The molecule has 0 saturated carbocycles. The van der Waals surface area contributed by atoms with Gasteiger partial charge >= 0.3 is 12.1 Å². The number of amides is 6. The highest BCUT2D eigenvalue weighted by Gasteiger charge is 2.54. The highest BCUT2D eigenvalue weighted by molar-refractivity contribution is 7.13. The molecule has 366 valence electrons. The van der Waals surface area contributed by atoms with Gasteiger partial charge in [-0.1, -0.05) is 12.1 Å². The summed E-state index contributed by atoms with van der Waals surface area (Å²) in [4.78, 5) is 81.6. The zero-order valence-corrected chi connectivity index (χ0v) is 39.2. The quantitative estimate of drug-likeness (QED) is 0.115. The summed E-state index contributed by atoms with van der Waals surface area (Å²) in [5, 5.41) is 11.7. The lowest BCUT2D eigenvalue weighted by Crippen LogP contribution is -2.73. The van der Waals surface area contributed by atoms with Crippen LogP contribution in [0.5, 0.6) is 0 Å². The number of piperidine rings is 1. The van der Waals surface area contributed by atoms with Crippen molar-refractivity contribution < 1.29 is 41.5 Å². The van der Waals surface area contributed by atoms with Crippen LogP contribution in [0, 0.1) is 23.0 Å². The summed E-state index contributed by atoms with van der Waals surface area (Å²) in [6, 6.07) is 7.88. The molecule has 12 rings (SSSR count). The molecule has 3 aromatic carbocycles. The number of nitrogens with one attached hydrogen (secondary N) is 2. The molecule has 17 nitrogen and oxygen atoms in total. The molecule has 6 amide bonds. The Hall–Kier alpha value is -7.36. The second-order valence-electron chi connectivity index (χ2n) is 19.6. The fourth-order valence-corrected chi connectivity index (χ4v) is 11.9. The molecule has 3 aromatic heterocycles. The number of aryl methyl sites for hydroxylation is 2. The standard InChI is InChI=1S/C49H46F4N12O5S/c1-59-37-19-38(35(51)18-32(37)43(58-59)63-12-9-39(66)56-47(63)70)65-13-8-27(20-49(65,52)53)15-40(67)62-24-48(25-62)22-61(23-48)30-6-4-28(5-7-30)29-16-31-33(34(50)17-29)21-64(45(31)69)42(44(68)57-46-54-10-14-71-46)41-36-3-2-11-60(36)26-55-41/h4-7,10,14,16-19,26-27,42H,2-3,8-9,11-13,15,20-25H2,1H3,(H,54,57,68)(H,56,66,70). The van der Waals surface area contributed by atoms with Crippen molar-refractivity contribution in [3.05, 3.63) is 101 Å². The van der Waals surface area contributed by atoms with Gasteiger partial charge in [0.15, 0.2) is 17.0 Å². The first-order valence-electron chi connectivity index (χ1n) is 23.6. The Bertz CT molecular complexity index is 3200. The summed E-state index contributed by atoms with van der Waals surface area (Å²) in [6.07, 6.45) is 4.50. The molecule has 4 fully saturated rings. The summed E-state index contributed by atoms with van der Waals surface area (Å²) >= 11 is 1.25. The number of alkyl halides is 2. The van der Waals surface area contributed by atoms with E-state index in [-0.39, 0.29) is 78.2 Å². The fraction of sp³-hybridized carbons (Fsp3) is 0.388. The number of anilines is 4. The largest absolute Gasteiger partial charge is 0.370 e. The van der Waals surface area contributed by atoms with Crippen LogP contribution < -0.4 is 25.3 Å². The number of fused-ring (bicyclic) bond motifs is 3. The number of thiazole rings is 1. The van der Waals surface area contributed by atoms with Gasteiger partial charge in [-0.05, 0) is 72.7 Å². The molecule has 6 aliphatic rings. The molecule has 9 heterocycles. The summed E-state index contributed by atoms with van der Waals surface area (Å²) in [5.74, 6) is -3.48. The number of likely N-dealkylation sites (tertiary alicyclic amines) is 1. The predicted molar refractivity (Wildman–Crippen MR) is 253 cm³/mol. The van der Waals surface area contributed by atoms with E-state index in [0.717, 1.165) is 35.3 Å². The van der Waals surface area contributed by atoms with Gasteiger partial charge < -0.3 is 24.2 Å². The average Bonchev–Trinajstić information content (AvgIpc) is 4.16. The Morgan fingerprint density at radius 3 is 2.49 bits per heavy atom. The van der Waals surface area contributed by atoms with Gasteiger partial charge in [0, 0.05) is 117 Å². The van der Waals surface area contributed by atoms with Crippen molar-refractivity contribution >= 4 is 74.2 Å². The average molecular weight is 991 g/mol. The van der Waals surface area contributed by atoms with Gasteiger partial charge in [0.1, 0.15) is 11.6 Å². The van der Waals surface area contributed by atoms with Gasteiger partial charge in [-0.2, -0.15) is 13.9 Å². The number of urea groups is 1. The Morgan fingerprint density at radius 2 is 1.75 bits per heavy atom. The second kappa shape index (κ2) is 16.6.